The van der Waals surface area contributed by atoms with E-state index in [1.165, 1.54) is 87.2 Å². The van der Waals surface area contributed by atoms with Gasteiger partial charge in [0.1, 0.15) is 6.17 Å². The summed E-state index contributed by atoms with van der Waals surface area (Å²) in [5.41, 5.74) is 11.8. The van der Waals surface area contributed by atoms with Gasteiger partial charge in [0, 0.05) is 44.0 Å². The predicted octanol–water partition coefficient (Wildman–Crippen LogP) is 14.6. The molecule has 4 heteroatoms. The van der Waals surface area contributed by atoms with Crippen LogP contribution < -0.4 is 10.2 Å². The monoisotopic (exact) mass is 752 g/mol. The number of aromatic nitrogens is 2. The molecule has 0 saturated carbocycles. The fourth-order valence-electron chi connectivity index (χ4n) is 10.1. The number of benzene rings is 10. The van der Waals surface area contributed by atoms with Crippen molar-refractivity contribution in [3.8, 4) is 11.4 Å². The van der Waals surface area contributed by atoms with Gasteiger partial charge in [-0.25, -0.2) is 0 Å². The molecule has 13 rings (SSSR count). The molecule has 0 saturated heterocycles. The summed E-state index contributed by atoms with van der Waals surface area (Å²) in [7, 11) is 0. The highest BCUT2D eigenvalue weighted by molar-refractivity contribution is 6.25. The Morgan fingerprint density at radius 2 is 0.966 bits per heavy atom. The highest BCUT2D eigenvalue weighted by atomic mass is 15.3. The van der Waals surface area contributed by atoms with Gasteiger partial charge in [-0.3, -0.25) is 0 Å². The molecule has 10 aromatic carbocycles. The van der Waals surface area contributed by atoms with Gasteiger partial charge in [0.25, 0.3) is 0 Å². The van der Waals surface area contributed by atoms with Crippen molar-refractivity contribution in [1.29, 1.82) is 0 Å². The zero-order valence-electron chi connectivity index (χ0n) is 32.0. The van der Waals surface area contributed by atoms with Crippen molar-refractivity contribution in [2.75, 3.05) is 10.2 Å². The number of hydrogen-bond donors (Lipinski definition) is 1. The van der Waals surface area contributed by atoms with Crippen LogP contribution in [-0.2, 0) is 0 Å². The van der Waals surface area contributed by atoms with Gasteiger partial charge in [-0.1, -0.05) is 140 Å². The van der Waals surface area contributed by atoms with Crippen LogP contribution in [0.3, 0.4) is 0 Å². The molecule has 3 heterocycles. The molecule has 1 atom stereocenters. The first-order chi connectivity index (χ1) is 29.3. The maximum absolute atomic E-state index is 3.90. The number of hydrogen-bond acceptors (Lipinski definition) is 2. The van der Waals surface area contributed by atoms with Gasteiger partial charge < -0.3 is 19.4 Å². The minimum absolute atomic E-state index is 0.0346. The largest absolute Gasteiger partial charge is 0.359 e. The third-order valence-corrected chi connectivity index (χ3v) is 12.6. The minimum Gasteiger partial charge on any atom is -0.359 e. The number of nitrogens with zero attached hydrogens (tertiary/aromatic N) is 3. The van der Waals surface area contributed by atoms with Crippen LogP contribution in [0.4, 0.5) is 17.1 Å². The van der Waals surface area contributed by atoms with Crippen LogP contribution in [0, 0.1) is 0 Å². The Labute approximate surface area is 340 Å². The quantitative estimate of drug-likeness (QED) is 0.181. The zero-order chi connectivity index (χ0) is 38.6. The van der Waals surface area contributed by atoms with Gasteiger partial charge in [0.15, 0.2) is 0 Å². The van der Waals surface area contributed by atoms with Crippen LogP contribution in [0.2, 0.25) is 0 Å². The summed E-state index contributed by atoms with van der Waals surface area (Å²) >= 11 is 0. The van der Waals surface area contributed by atoms with E-state index in [0.29, 0.717) is 0 Å². The first-order valence-electron chi connectivity index (χ1n) is 20.4. The van der Waals surface area contributed by atoms with Crippen molar-refractivity contribution in [2.24, 2.45) is 0 Å². The van der Waals surface area contributed by atoms with E-state index in [-0.39, 0.29) is 6.17 Å². The first kappa shape index (κ1) is 32.3. The lowest BCUT2D eigenvalue weighted by Gasteiger charge is -2.28. The van der Waals surface area contributed by atoms with E-state index in [1.807, 2.05) is 0 Å². The Bertz CT molecular complexity index is 3640. The Hall–Kier alpha value is -7.82. The van der Waals surface area contributed by atoms with E-state index in [1.54, 1.807) is 0 Å². The molecular weight excluding hydrogens is 717 g/mol. The summed E-state index contributed by atoms with van der Waals surface area (Å²) < 4.78 is 4.92. The average Bonchev–Trinajstić information content (AvgIpc) is 3.96. The lowest BCUT2D eigenvalue weighted by molar-refractivity contribution is 0.830. The zero-order valence-corrected chi connectivity index (χ0v) is 32.0. The standard InChI is InChI=1S/C55H36N4/c1-4-15-37(16-5-1)55-56-47-30-26-36-24-25-38-32-41(28-29-43(38)52(36)54(47)59(55)40-19-8-3-9-20-40)58-48-23-13-12-22-44(48)45-33-46-51(34-50(45)58)57(39-17-6-2-7-18-39)49-31-27-35-14-10-11-21-42(35)53(46)49/h1-34,55-56H. The van der Waals surface area contributed by atoms with E-state index in [4.69, 9.17) is 0 Å². The third kappa shape index (κ3) is 4.66. The van der Waals surface area contributed by atoms with Crippen molar-refractivity contribution in [2.45, 2.75) is 6.17 Å². The molecule has 0 amide bonds. The molecule has 12 aromatic rings. The van der Waals surface area contributed by atoms with Crippen molar-refractivity contribution >= 4 is 93.0 Å². The van der Waals surface area contributed by atoms with Gasteiger partial charge in [-0.05, 0) is 99.2 Å². The van der Waals surface area contributed by atoms with Crippen LogP contribution in [0.5, 0.6) is 0 Å². The maximum atomic E-state index is 3.90. The molecule has 59 heavy (non-hydrogen) atoms. The minimum atomic E-state index is -0.0346. The van der Waals surface area contributed by atoms with Crippen LogP contribution in [-0.4, -0.2) is 9.13 Å². The van der Waals surface area contributed by atoms with Crippen molar-refractivity contribution in [1.82, 2.24) is 9.13 Å². The van der Waals surface area contributed by atoms with Gasteiger partial charge in [-0.15, -0.1) is 0 Å². The van der Waals surface area contributed by atoms with Crippen molar-refractivity contribution in [3.05, 3.63) is 212 Å². The lowest BCUT2D eigenvalue weighted by Crippen LogP contribution is -2.23. The van der Waals surface area contributed by atoms with E-state index in [2.05, 4.69) is 226 Å². The summed E-state index contributed by atoms with van der Waals surface area (Å²) in [6.07, 6.45) is -0.0346. The number of fused-ring (bicyclic) bond motifs is 13. The first-order valence-corrected chi connectivity index (χ1v) is 20.4. The lowest BCUT2D eigenvalue weighted by atomic mass is 9.98. The van der Waals surface area contributed by atoms with Crippen molar-refractivity contribution in [3.63, 3.8) is 0 Å². The second-order valence-electron chi connectivity index (χ2n) is 15.8. The highest BCUT2D eigenvalue weighted by Gasteiger charge is 2.33. The second kappa shape index (κ2) is 12.3. The molecular formula is C55H36N4. The second-order valence-corrected chi connectivity index (χ2v) is 15.8. The van der Waals surface area contributed by atoms with Gasteiger partial charge in [0.05, 0.1) is 33.4 Å². The fourth-order valence-corrected chi connectivity index (χ4v) is 10.1. The SMILES string of the molecule is c1ccc(C2Nc3ccc4ccc5cc(-n6c7ccccc7c7cc8c9c%10ccccc%10ccc9n(-c9ccccc9)c8cc76)ccc5c4c3N2c2ccccc2)cc1. The Balaban J connectivity index is 1.07. The molecule has 0 fully saturated rings. The topological polar surface area (TPSA) is 25.1 Å². The molecule has 0 bridgehead atoms. The molecule has 1 N–H and O–H groups in total. The Kier molecular flexibility index (Phi) is 6.75. The highest BCUT2D eigenvalue weighted by Crippen LogP contribution is 2.51. The molecule has 276 valence electrons. The number of anilines is 3. The molecule has 0 aliphatic carbocycles. The van der Waals surface area contributed by atoms with Crippen LogP contribution in [0.1, 0.15) is 11.7 Å². The van der Waals surface area contributed by atoms with Gasteiger partial charge in [0.2, 0.25) is 0 Å². The molecule has 1 unspecified atom stereocenters. The number of rotatable bonds is 4. The van der Waals surface area contributed by atoms with E-state index in [9.17, 15) is 0 Å². The Morgan fingerprint density at radius 3 is 1.80 bits per heavy atom. The average molecular weight is 753 g/mol. The van der Waals surface area contributed by atoms with E-state index >= 15 is 0 Å². The summed E-state index contributed by atoms with van der Waals surface area (Å²) in [6.45, 7) is 0. The molecule has 4 nitrogen and oxygen atoms in total. The molecule has 1 aliphatic rings. The maximum Gasteiger partial charge on any atom is 0.130 e. The third-order valence-electron chi connectivity index (χ3n) is 12.6. The smallest absolute Gasteiger partial charge is 0.130 e. The summed E-state index contributed by atoms with van der Waals surface area (Å²) in [4.78, 5) is 2.48. The summed E-state index contributed by atoms with van der Waals surface area (Å²) in [5.74, 6) is 0. The Morgan fingerprint density at radius 1 is 0.339 bits per heavy atom. The fraction of sp³-hybridized carbons (Fsp3) is 0.0182. The molecule has 2 aromatic heterocycles. The molecule has 0 spiro atoms. The van der Waals surface area contributed by atoms with E-state index < -0.39 is 0 Å². The van der Waals surface area contributed by atoms with Gasteiger partial charge in [-0.2, -0.15) is 0 Å². The molecule has 0 radical (unpaired) electrons. The van der Waals surface area contributed by atoms with E-state index in [0.717, 1.165) is 22.7 Å². The van der Waals surface area contributed by atoms with Crippen LogP contribution >= 0.6 is 0 Å². The normalized spacial score (nSPS) is 14.0. The molecule has 1 aliphatic heterocycles. The summed E-state index contributed by atoms with van der Waals surface area (Å²) in [6, 6.07) is 75.6. The van der Waals surface area contributed by atoms with Crippen molar-refractivity contribution < 1.29 is 0 Å². The van der Waals surface area contributed by atoms with Crippen LogP contribution in [0.25, 0.3) is 87.3 Å². The summed E-state index contributed by atoms with van der Waals surface area (Å²) in [5, 5.41) is 16.4. The predicted molar refractivity (Wildman–Crippen MR) is 249 cm³/mol. The van der Waals surface area contributed by atoms with Crippen LogP contribution in [0.15, 0.2) is 206 Å². The van der Waals surface area contributed by atoms with Gasteiger partial charge >= 0.3 is 0 Å². The number of nitrogens with one attached hydrogen (secondary N) is 1. The number of para-hydroxylation sites is 3.